The van der Waals surface area contributed by atoms with Crippen molar-refractivity contribution in [3.63, 3.8) is 0 Å². The summed E-state index contributed by atoms with van der Waals surface area (Å²) in [4.78, 5) is 32.3. The van der Waals surface area contributed by atoms with E-state index in [-0.39, 0.29) is 29.9 Å². The molecule has 1 saturated heterocycles. The molecule has 11 heteroatoms. The van der Waals surface area contributed by atoms with Crippen LogP contribution in [0.3, 0.4) is 0 Å². The summed E-state index contributed by atoms with van der Waals surface area (Å²) in [6.45, 7) is 2.93. The van der Waals surface area contributed by atoms with Gasteiger partial charge in [-0.25, -0.2) is 14.1 Å². The molecule has 0 spiro atoms. The van der Waals surface area contributed by atoms with Crippen LogP contribution in [0, 0.1) is 5.82 Å². The van der Waals surface area contributed by atoms with Crippen LogP contribution in [-0.2, 0) is 24.2 Å². The normalized spacial score (nSPS) is 17.6. The SMILES string of the molecule is CC(CC(=O)N1CCC(O)(Cn2cnc3c(cnn3-c3ccc(F)cc3)c2=O)CC1)n1cc2c(n1)CCC2. The Morgan fingerprint density at radius 2 is 1.95 bits per heavy atom. The number of hydrogen-bond acceptors (Lipinski definition) is 6. The average Bonchev–Trinajstić information content (AvgIpc) is 3.62. The van der Waals surface area contributed by atoms with Crippen molar-refractivity contribution in [3.8, 4) is 5.69 Å². The predicted octanol–water partition coefficient (Wildman–Crippen LogP) is 2.41. The molecule has 2 aliphatic rings. The van der Waals surface area contributed by atoms with E-state index in [0.717, 1.165) is 25.0 Å². The Balaban J connectivity index is 1.10. The highest BCUT2D eigenvalue weighted by Gasteiger charge is 2.35. The van der Waals surface area contributed by atoms with Crippen LogP contribution in [0.2, 0.25) is 0 Å². The fourth-order valence-electron chi connectivity index (χ4n) is 5.51. The second-order valence-corrected chi connectivity index (χ2v) is 10.5. The third-order valence-corrected chi connectivity index (χ3v) is 7.81. The Labute approximate surface area is 218 Å². The van der Waals surface area contributed by atoms with Crippen molar-refractivity contribution in [2.45, 2.75) is 63.6 Å². The second kappa shape index (κ2) is 9.46. The molecule has 0 radical (unpaired) electrons. The van der Waals surface area contributed by atoms with E-state index >= 15 is 0 Å². The summed E-state index contributed by atoms with van der Waals surface area (Å²) < 4.78 is 18.1. The van der Waals surface area contributed by atoms with E-state index in [1.54, 1.807) is 17.0 Å². The van der Waals surface area contributed by atoms with Crippen LogP contribution in [0.1, 0.15) is 49.9 Å². The minimum absolute atomic E-state index is 0.0267. The molecule has 198 valence electrons. The Kier molecular flexibility index (Phi) is 6.10. The Bertz CT molecular complexity index is 1530. The maximum atomic E-state index is 13.3. The molecule has 1 atom stereocenters. The van der Waals surface area contributed by atoms with Crippen LogP contribution >= 0.6 is 0 Å². The maximum Gasteiger partial charge on any atom is 0.264 e. The zero-order valence-electron chi connectivity index (χ0n) is 21.3. The number of nitrogens with zero attached hydrogens (tertiary/aromatic N) is 7. The molecule has 10 nitrogen and oxygen atoms in total. The van der Waals surface area contributed by atoms with E-state index in [0.29, 0.717) is 49.1 Å². The lowest BCUT2D eigenvalue weighted by atomic mass is 9.91. The van der Waals surface area contributed by atoms with Gasteiger partial charge in [0.2, 0.25) is 5.91 Å². The molecule has 0 bridgehead atoms. The van der Waals surface area contributed by atoms with E-state index in [1.165, 1.54) is 39.5 Å². The van der Waals surface area contributed by atoms with Gasteiger partial charge in [-0.2, -0.15) is 10.2 Å². The van der Waals surface area contributed by atoms with Crippen LogP contribution in [0.15, 0.2) is 47.8 Å². The molecular formula is C27H30FN7O3. The van der Waals surface area contributed by atoms with Crippen molar-refractivity contribution in [2.75, 3.05) is 13.1 Å². The van der Waals surface area contributed by atoms with Gasteiger partial charge in [0.25, 0.3) is 5.56 Å². The third kappa shape index (κ3) is 4.51. The molecule has 0 saturated carbocycles. The monoisotopic (exact) mass is 519 g/mol. The number of halogens is 1. The number of aliphatic hydroxyl groups is 1. The van der Waals surface area contributed by atoms with Gasteiger partial charge in [0.05, 0.1) is 35.8 Å². The molecule has 4 aromatic rings. The lowest BCUT2D eigenvalue weighted by Gasteiger charge is -2.38. The van der Waals surface area contributed by atoms with Gasteiger partial charge in [-0.15, -0.1) is 0 Å². The highest BCUT2D eigenvalue weighted by molar-refractivity contribution is 5.77. The minimum atomic E-state index is -1.13. The first-order valence-corrected chi connectivity index (χ1v) is 13.1. The van der Waals surface area contributed by atoms with Gasteiger partial charge in [0.1, 0.15) is 17.5 Å². The molecule has 1 amide bonds. The number of carbonyl (C=O) groups is 1. The van der Waals surface area contributed by atoms with Crippen molar-refractivity contribution in [1.29, 1.82) is 0 Å². The van der Waals surface area contributed by atoms with Gasteiger partial charge >= 0.3 is 0 Å². The van der Waals surface area contributed by atoms with Crippen LogP contribution in [-0.4, -0.2) is 63.7 Å². The lowest BCUT2D eigenvalue weighted by molar-refractivity contribution is -0.136. The predicted molar refractivity (Wildman–Crippen MR) is 137 cm³/mol. The molecule has 38 heavy (non-hydrogen) atoms. The number of piperidine rings is 1. The van der Waals surface area contributed by atoms with Gasteiger partial charge in [-0.3, -0.25) is 18.8 Å². The van der Waals surface area contributed by atoms with Gasteiger partial charge in [-0.05, 0) is 68.9 Å². The smallest absolute Gasteiger partial charge is 0.264 e. The van der Waals surface area contributed by atoms with Gasteiger partial charge in [0, 0.05) is 25.7 Å². The molecule has 4 heterocycles. The Morgan fingerprint density at radius 1 is 1.18 bits per heavy atom. The zero-order valence-corrected chi connectivity index (χ0v) is 21.3. The lowest BCUT2D eigenvalue weighted by Crippen LogP contribution is -2.49. The van der Waals surface area contributed by atoms with Crippen LogP contribution < -0.4 is 5.56 Å². The van der Waals surface area contributed by atoms with Crippen molar-refractivity contribution in [1.82, 2.24) is 34.0 Å². The molecule has 1 unspecified atom stereocenters. The number of amides is 1. The quantitative estimate of drug-likeness (QED) is 0.419. The number of benzene rings is 1. The topological polar surface area (TPSA) is 111 Å². The molecule has 3 aromatic heterocycles. The maximum absolute atomic E-state index is 13.3. The summed E-state index contributed by atoms with van der Waals surface area (Å²) in [5.74, 6) is -0.319. The second-order valence-electron chi connectivity index (χ2n) is 10.5. The molecule has 1 aliphatic heterocycles. The van der Waals surface area contributed by atoms with Crippen LogP contribution in [0.25, 0.3) is 16.7 Å². The van der Waals surface area contributed by atoms with E-state index in [4.69, 9.17) is 0 Å². The molecular weight excluding hydrogens is 489 g/mol. The molecule has 1 aliphatic carbocycles. The van der Waals surface area contributed by atoms with Crippen LogP contribution in [0.4, 0.5) is 4.39 Å². The number of rotatable bonds is 6. The number of aromatic nitrogens is 6. The third-order valence-electron chi connectivity index (χ3n) is 7.81. The first kappa shape index (κ1) is 24.5. The van der Waals surface area contributed by atoms with Crippen molar-refractivity contribution < 1.29 is 14.3 Å². The summed E-state index contributed by atoms with van der Waals surface area (Å²) in [7, 11) is 0. The average molecular weight is 520 g/mol. The minimum Gasteiger partial charge on any atom is -0.388 e. The summed E-state index contributed by atoms with van der Waals surface area (Å²) in [6.07, 6.45) is 9.22. The first-order valence-electron chi connectivity index (χ1n) is 13.1. The molecule has 6 rings (SSSR count). The van der Waals surface area contributed by atoms with Crippen molar-refractivity contribution >= 4 is 16.9 Å². The summed E-state index contributed by atoms with van der Waals surface area (Å²) in [5, 5.41) is 20.5. The van der Waals surface area contributed by atoms with Crippen molar-refractivity contribution in [3.05, 3.63) is 70.4 Å². The largest absolute Gasteiger partial charge is 0.388 e. The Hall–Kier alpha value is -3.86. The van der Waals surface area contributed by atoms with Gasteiger partial charge in [0.15, 0.2) is 5.65 Å². The fraction of sp³-hybridized carbons (Fsp3) is 0.444. The summed E-state index contributed by atoms with van der Waals surface area (Å²) >= 11 is 0. The number of carbonyl (C=O) groups excluding carboxylic acids is 1. The number of aryl methyl sites for hydroxylation is 2. The summed E-state index contributed by atoms with van der Waals surface area (Å²) in [5.41, 5.74) is 1.96. The first-order chi connectivity index (χ1) is 18.3. The highest BCUT2D eigenvalue weighted by atomic mass is 19.1. The standard InChI is InChI=1S/C27H30FN7O3/c1-18(34-15-19-3-2-4-23(19)31-34)13-24(36)32-11-9-27(38,10-12-32)16-33-17-29-25-22(26(33)37)14-30-35(25)21-7-5-20(28)6-8-21/h5-8,14-15,17-18,38H,2-4,9-13,16H2,1H3. The fourth-order valence-corrected chi connectivity index (χ4v) is 5.51. The Morgan fingerprint density at radius 3 is 2.68 bits per heavy atom. The molecule has 1 aromatic carbocycles. The molecule has 1 fully saturated rings. The molecule has 1 N–H and O–H groups in total. The van der Waals surface area contributed by atoms with Crippen LogP contribution in [0.5, 0.6) is 0 Å². The number of fused-ring (bicyclic) bond motifs is 2. The van der Waals surface area contributed by atoms with Gasteiger partial charge in [-0.1, -0.05) is 0 Å². The number of likely N-dealkylation sites (tertiary alicyclic amines) is 1. The summed E-state index contributed by atoms with van der Waals surface area (Å²) in [6, 6.07) is 5.74. The van der Waals surface area contributed by atoms with E-state index in [9.17, 15) is 19.1 Å². The number of hydrogen-bond donors (Lipinski definition) is 1. The van der Waals surface area contributed by atoms with Crippen molar-refractivity contribution in [2.24, 2.45) is 0 Å². The van der Waals surface area contributed by atoms with E-state index < -0.39 is 5.60 Å². The van der Waals surface area contributed by atoms with E-state index in [1.807, 2.05) is 11.6 Å². The van der Waals surface area contributed by atoms with E-state index in [2.05, 4.69) is 21.4 Å². The van der Waals surface area contributed by atoms with Gasteiger partial charge < -0.3 is 10.0 Å². The highest BCUT2D eigenvalue weighted by Crippen LogP contribution is 2.27. The zero-order chi connectivity index (χ0) is 26.4.